The Morgan fingerprint density at radius 1 is 0.929 bits per heavy atom. The minimum Gasteiger partial charge on any atom is -0.326 e. The molecule has 3 aromatic rings. The van der Waals surface area contributed by atoms with Gasteiger partial charge < -0.3 is 10.1 Å². The molecule has 0 spiro atoms. The third-order valence-corrected chi connectivity index (χ3v) is 5.54. The van der Waals surface area contributed by atoms with Crippen LogP contribution in [0.25, 0.3) is 17.2 Å². The largest absolute Gasteiger partial charge is 0.326 e. The number of hydrazine groups is 1. The van der Waals surface area contributed by atoms with Gasteiger partial charge in [0.1, 0.15) is 0 Å². The zero-order valence-corrected chi connectivity index (χ0v) is 17.1. The summed E-state index contributed by atoms with van der Waals surface area (Å²) in [5.74, 6) is 5.38. The molecule has 4 nitrogen and oxygen atoms in total. The van der Waals surface area contributed by atoms with E-state index in [0.29, 0.717) is 5.17 Å². The number of aliphatic imine (C=N–C) groups is 1. The van der Waals surface area contributed by atoms with E-state index in [0.717, 1.165) is 16.1 Å². The zero-order chi connectivity index (χ0) is 19.6. The molecule has 0 saturated heterocycles. The molecule has 3 aromatic carbocycles. The first-order valence-corrected chi connectivity index (χ1v) is 10.4. The highest BCUT2D eigenvalue weighted by Crippen LogP contribution is 2.26. The van der Waals surface area contributed by atoms with Crippen molar-refractivity contribution in [3.63, 3.8) is 0 Å². The molecule has 0 aromatic heterocycles. The van der Waals surface area contributed by atoms with E-state index >= 15 is 0 Å². The van der Waals surface area contributed by atoms with Crippen LogP contribution in [0.15, 0.2) is 94.2 Å². The quantitative estimate of drug-likeness (QED) is 0.163. The molecular formula is C22H22N4S2. The van der Waals surface area contributed by atoms with Crippen LogP contribution >= 0.6 is 23.7 Å². The van der Waals surface area contributed by atoms with E-state index < -0.39 is 0 Å². The molecule has 0 atom stereocenters. The first kappa shape index (κ1) is 20.1. The molecular weight excluding hydrogens is 384 g/mol. The second-order valence-electron chi connectivity index (χ2n) is 5.81. The van der Waals surface area contributed by atoms with Crippen molar-refractivity contribution in [3.8, 4) is 11.1 Å². The van der Waals surface area contributed by atoms with Gasteiger partial charge in [0, 0.05) is 17.6 Å². The highest BCUT2D eigenvalue weighted by atomic mass is 32.2. The zero-order valence-electron chi connectivity index (χ0n) is 15.5. The molecule has 0 amide bonds. The SMILES string of the molecule is CN=C(NN)S/C=C/c1cccc(NSc2ccc(-c3ccccc3)cc2)c1. The normalized spacial score (nSPS) is 11.6. The van der Waals surface area contributed by atoms with Crippen LogP contribution in [0.2, 0.25) is 0 Å². The third kappa shape index (κ3) is 5.92. The van der Waals surface area contributed by atoms with E-state index in [1.165, 1.54) is 22.9 Å². The van der Waals surface area contributed by atoms with E-state index in [-0.39, 0.29) is 0 Å². The van der Waals surface area contributed by atoms with Crippen molar-refractivity contribution in [1.82, 2.24) is 5.43 Å². The molecule has 142 valence electrons. The number of nitrogens with one attached hydrogen (secondary N) is 2. The Morgan fingerprint density at radius 2 is 1.68 bits per heavy atom. The maximum absolute atomic E-state index is 5.38. The van der Waals surface area contributed by atoms with Crippen LogP contribution in [0.3, 0.4) is 0 Å². The number of hydrogen-bond donors (Lipinski definition) is 3. The van der Waals surface area contributed by atoms with E-state index in [1.54, 1.807) is 19.0 Å². The van der Waals surface area contributed by atoms with Gasteiger partial charge in [0.15, 0.2) is 5.17 Å². The predicted molar refractivity (Wildman–Crippen MR) is 125 cm³/mol. The molecule has 3 rings (SSSR count). The number of rotatable bonds is 6. The highest BCUT2D eigenvalue weighted by molar-refractivity contribution is 8.16. The molecule has 0 bridgehead atoms. The lowest BCUT2D eigenvalue weighted by atomic mass is 10.1. The summed E-state index contributed by atoms with van der Waals surface area (Å²) in [4.78, 5) is 5.18. The molecule has 0 unspecified atom stereocenters. The minimum absolute atomic E-state index is 0.667. The maximum atomic E-state index is 5.38. The monoisotopic (exact) mass is 406 g/mol. The summed E-state index contributed by atoms with van der Waals surface area (Å²) in [6.07, 6.45) is 2.03. The first-order valence-electron chi connectivity index (χ1n) is 8.73. The Kier molecular flexibility index (Phi) is 7.61. The van der Waals surface area contributed by atoms with Crippen molar-refractivity contribution < 1.29 is 0 Å². The number of hydrogen-bond acceptors (Lipinski definition) is 5. The lowest BCUT2D eigenvalue weighted by Crippen LogP contribution is -2.27. The van der Waals surface area contributed by atoms with Gasteiger partial charge in [0.05, 0.1) is 0 Å². The molecule has 0 radical (unpaired) electrons. The summed E-state index contributed by atoms with van der Waals surface area (Å²) in [6.45, 7) is 0. The van der Waals surface area contributed by atoms with E-state index in [4.69, 9.17) is 5.84 Å². The van der Waals surface area contributed by atoms with E-state index in [1.807, 2.05) is 23.6 Å². The van der Waals surface area contributed by atoms with Crippen LogP contribution in [0.5, 0.6) is 0 Å². The van der Waals surface area contributed by atoms with Crippen LogP contribution < -0.4 is 16.0 Å². The summed E-state index contributed by atoms with van der Waals surface area (Å²) in [5, 5.41) is 2.62. The molecule has 6 heteroatoms. The Morgan fingerprint density at radius 3 is 2.39 bits per heavy atom. The average molecular weight is 407 g/mol. The van der Waals surface area contributed by atoms with Crippen molar-refractivity contribution in [2.24, 2.45) is 10.8 Å². The van der Waals surface area contributed by atoms with Gasteiger partial charge in [-0.15, -0.1) is 0 Å². The van der Waals surface area contributed by atoms with Gasteiger partial charge in [0.25, 0.3) is 0 Å². The summed E-state index contributed by atoms with van der Waals surface area (Å²) < 4.78 is 3.40. The van der Waals surface area contributed by atoms with Crippen LogP contribution in [0.1, 0.15) is 5.56 Å². The minimum atomic E-state index is 0.667. The Bertz CT molecular complexity index is 938. The lowest BCUT2D eigenvalue weighted by molar-refractivity contribution is 1.04. The standard InChI is InChI=1S/C22H22N4S2/c1-24-22(25-23)27-15-14-17-6-5-9-20(16-17)26-28-21-12-10-19(11-13-21)18-7-3-2-4-8-18/h2-16,26H,23H2,1H3,(H,24,25)/b15-14+. The van der Waals surface area contributed by atoms with Crippen molar-refractivity contribution in [3.05, 3.63) is 89.8 Å². The number of nitrogens with zero attached hydrogens (tertiary/aromatic N) is 1. The van der Waals surface area contributed by atoms with Crippen LogP contribution in [0.4, 0.5) is 5.69 Å². The van der Waals surface area contributed by atoms with E-state index in [2.05, 4.69) is 81.9 Å². The summed E-state index contributed by atoms with van der Waals surface area (Å²) >= 11 is 3.04. The second-order valence-corrected chi connectivity index (χ2v) is 7.59. The number of amidine groups is 1. The summed E-state index contributed by atoms with van der Waals surface area (Å²) in [5.41, 5.74) is 7.14. The van der Waals surface area contributed by atoms with Gasteiger partial charge in [-0.1, -0.05) is 66.4 Å². The molecule has 0 aliphatic heterocycles. The number of benzene rings is 3. The van der Waals surface area contributed by atoms with Gasteiger partial charge in [-0.25, -0.2) is 5.84 Å². The number of anilines is 1. The van der Waals surface area contributed by atoms with Gasteiger partial charge >= 0.3 is 0 Å². The van der Waals surface area contributed by atoms with Crippen molar-refractivity contribution in [2.45, 2.75) is 4.90 Å². The van der Waals surface area contributed by atoms with Crippen molar-refractivity contribution in [2.75, 3.05) is 11.8 Å². The van der Waals surface area contributed by atoms with Crippen molar-refractivity contribution >= 4 is 40.6 Å². The second kappa shape index (κ2) is 10.6. The fourth-order valence-corrected chi connectivity index (χ4v) is 3.66. The van der Waals surface area contributed by atoms with Crippen LogP contribution in [0, 0.1) is 0 Å². The average Bonchev–Trinajstić information content (AvgIpc) is 2.77. The molecule has 0 saturated carbocycles. The third-order valence-electron chi connectivity index (χ3n) is 3.90. The fourth-order valence-electron chi connectivity index (χ4n) is 2.50. The Balaban J connectivity index is 1.58. The molecule has 0 aliphatic carbocycles. The van der Waals surface area contributed by atoms with Crippen LogP contribution in [-0.4, -0.2) is 12.2 Å². The van der Waals surface area contributed by atoms with Gasteiger partial charge in [-0.2, -0.15) is 0 Å². The Labute approximate surface area is 174 Å². The summed E-state index contributed by atoms with van der Waals surface area (Å²) in [7, 11) is 1.70. The smallest absolute Gasteiger partial charge is 0.174 e. The molecule has 4 N–H and O–H groups in total. The lowest BCUT2D eigenvalue weighted by Gasteiger charge is -2.07. The van der Waals surface area contributed by atoms with Gasteiger partial charge in [-0.05, 0) is 64.4 Å². The number of thioether (sulfide) groups is 1. The topological polar surface area (TPSA) is 62.4 Å². The molecule has 0 heterocycles. The summed E-state index contributed by atoms with van der Waals surface area (Å²) in [6, 6.07) is 27.2. The van der Waals surface area contributed by atoms with Gasteiger partial charge in [-0.3, -0.25) is 4.99 Å². The molecule has 28 heavy (non-hydrogen) atoms. The first-order chi connectivity index (χ1) is 13.8. The predicted octanol–water partition coefficient (Wildman–Crippen LogP) is 5.63. The fraction of sp³-hybridized carbons (Fsp3) is 0.0455. The Hall–Kier alpha value is -2.67. The maximum Gasteiger partial charge on any atom is 0.174 e. The molecule has 0 aliphatic rings. The highest BCUT2D eigenvalue weighted by Gasteiger charge is 2.00. The van der Waals surface area contributed by atoms with Gasteiger partial charge in [0.2, 0.25) is 0 Å². The number of nitrogens with two attached hydrogens (primary N) is 1. The molecule has 0 fully saturated rings. The van der Waals surface area contributed by atoms with E-state index in [9.17, 15) is 0 Å². The van der Waals surface area contributed by atoms with Crippen molar-refractivity contribution in [1.29, 1.82) is 0 Å². The van der Waals surface area contributed by atoms with Crippen LogP contribution in [-0.2, 0) is 0 Å².